The van der Waals surface area contributed by atoms with E-state index in [1.165, 1.54) is 5.56 Å². The Morgan fingerprint density at radius 2 is 1.87 bits per heavy atom. The van der Waals surface area contributed by atoms with Crippen molar-refractivity contribution < 1.29 is 4.74 Å². The zero-order chi connectivity index (χ0) is 16.7. The lowest BCUT2D eigenvalue weighted by atomic mass is 10.2. The van der Waals surface area contributed by atoms with Gasteiger partial charge in [0.15, 0.2) is 5.13 Å². The van der Waals surface area contributed by atoms with Crippen LogP contribution in [0.5, 0.6) is 5.75 Å². The predicted molar refractivity (Wildman–Crippen MR) is 97.7 cm³/mol. The van der Waals surface area contributed by atoms with E-state index < -0.39 is 0 Å². The molecule has 0 radical (unpaired) electrons. The minimum Gasteiger partial charge on any atom is -0.495 e. The van der Waals surface area contributed by atoms with Crippen molar-refractivity contribution >= 4 is 22.2 Å². The molecule has 0 fully saturated rings. The normalized spacial score (nSPS) is 9.74. The Morgan fingerprint density at radius 1 is 1.09 bits per heavy atom. The van der Waals surface area contributed by atoms with Crippen molar-refractivity contribution in [2.75, 3.05) is 12.4 Å². The number of hydrogen-bond donors (Lipinski definition) is 1. The number of anilines is 2. The van der Waals surface area contributed by atoms with Crippen molar-refractivity contribution in [3.63, 3.8) is 0 Å². The molecule has 0 atom stereocenters. The fourth-order valence-electron chi connectivity index (χ4n) is 1.99. The lowest BCUT2D eigenvalue weighted by Gasteiger charge is -2.07. The number of aromatic nitrogens is 2. The number of methoxy groups -OCH3 is 1. The molecule has 0 saturated heterocycles. The van der Waals surface area contributed by atoms with Gasteiger partial charge in [0.2, 0.25) is 0 Å². The Kier molecular flexibility index (Phi) is 6.11. The van der Waals surface area contributed by atoms with Crippen LogP contribution in [0.2, 0.25) is 0 Å². The number of nitrogens with one attached hydrogen (secondary N) is 1. The highest BCUT2D eigenvalue weighted by Crippen LogP contribution is 2.30. The van der Waals surface area contributed by atoms with Gasteiger partial charge >= 0.3 is 0 Å². The van der Waals surface area contributed by atoms with Gasteiger partial charge in [0.05, 0.1) is 18.5 Å². The summed E-state index contributed by atoms with van der Waals surface area (Å²) < 4.78 is 5.33. The average Bonchev–Trinajstić information content (AvgIpc) is 3.06. The summed E-state index contributed by atoms with van der Waals surface area (Å²) in [6, 6.07) is 11.8. The fourth-order valence-corrected chi connectivity index (χ4v) is 2.70. The molecule has 0 aliphatic carbocycles. The first-order chi connectivity index (χ1) is 11.3. The molecule has 0 aliphatic rings. The third-order valence-corrected chi connectivity index (χ3v) is 3.79. The van der Waals surface area contributed by atoms with Gasteiger partial charge in [-0.2, -0.15) is 0 Å². The van der Waals surface area contributed by atoms with Gasteiger partial charge in [0, 0.05) is 11.6 Å². The second-order valence-electron chi connectivity index (χ2n) is 4.58. The van der Waals surface area contributed by atoms with E-state index >= 15 is 0 Å². The minimum atomic E-state index is 0.794. The monoisotopic (exact) mass is 327 g/mol. The van der Waals surface area contributed by atoms with Gasteiger partial charge in [-0.3, -0.25) is 4.98 Å². The molecule has 0 spiro atoms. The number of aryl methyl sites for hydroxylation is 1. The Hall–Kier alpha value is -2.40. The topological polar surface area (TPSA) is 47.0 Å². The van der Waals surface area contributed by atoms with Crippen molar-refractivity contribution in [2.24, 2.45) is 0 Å². The number of para-hydroxylation sites is 2. The highest BCUT2D eigenvalue weighted by Gasteiger charge is 2.08. The molecule has 0 aliphatic heterocycles. The zero-order valence-corrected chi connectivity index (χ0v) is 14.6. The molecular formula is C18H21N3OS. The maximum Gasteiger partial charge on any atom is 0.187 e. The standard InChI is InChI=1S/C16H15N3OS.C2H6/c1-11-7-8-17-13(9-11)14-10-21-16(19-14)18-12-5-3-4-6-15(12)20-2;1-2/h3-10H,1-2H3,(H,18,19);1-2H3. The number of hydrogen-bond acceptors (Lipinski definition) is 5. The lowest BCUT2D eigenvalue weighted by molar-refractivity contribution is 0.417. The number of nitrogens with zero attached hydrogens (tertiary/aromatic N) is 2. The van der Waals surface area contributed by atoms with Crippen LogP contribution in [0.3, 0.4) is 0 Å². The van der Waals surface area contributed by atoms with Crippen molar-refractivity contribution in [3.8, 4) is 17.1 Å². The number of ether oxygens (including phenoxy) is 1. The van der Waals surface area contributed by atoms with E-state index in [0.29, 0.717) is 0 Å². The molecular weight excluding hydrogens is 306 g/mol. The van der Waals surface area contributed by atoms with Crippen LogP contribution in [0.25, 0.3) is 11.4 Å². The Bertz CT molecular complexity index is 755. The first-order valence-electron chi connectivity index (χ1n) is 7.55. The van der Waals surface area contributed by atoms with E-state index in [-0.39, 0.29) is 0 Å². The smallest absolute Gasteiger partial charge is 0.187 e. The van der Waals surface area contributed by atoms with Crippen LogP contribution < -0.4 is 10.1 Å². The SMILES string of the molecule is CC.COc1ccccc1Nc1nc(-c2cc(C)ccn2)cs1. The summed E-state index contributed by atoms with van der Waals surface area (Å²) in [7, 11) is 1.66. The Morgan fingerprint density at radius 3 is 2.61 bits per heavy atom. The Labute approximate surface area is 141 Å². The van der Waals surface area contributed by atoms with Gasteiger partial charge in [-0.15, -0.1) is 11.3 Å². The van der Waals surface area contributed by atoms with Gasteiger partial charge in [0.25, 0.3) is 0 Å². The number of benzene rings is 1. The van der Waals surface area contributed by atoms with E-state index in [4.69, 9.17) is 4.74 Å². The maximum absolute atomic E-state index is 5.33. The second kappa shape index (κ2) is 8.29. The summed E-state index contributed by atoms with van der Waals surface area (Å²) in [6.07, 6.45) is 1.80. The summed E-state index contributed by atoms with van der Waals surface area (Å²) >= 11 is 1.55. The molecule has 2 heterocycles. The van der Waals surface area contributed by atoms with Crippen LogP contribution in [0.15, 0.2) is 48.0 Å². The van der Waals surface area contributed by atoms with Crippen molar-refractivity contribution in [2.45, 2.75) is 20.8 Å². The molecule has 120 valence electrons. The van der Waals surface area contributed by atoms with E-state index in [0.717, 1.165) is 28.0 Å². The van der Waals surface area contributed by atoms with Gasteiger partial charge in [-0.1, -0.05) is 26.0 Å². The fraction of sp³-hybridized carbons (Fsp3) is 0.222. The predicted octanol–water partition coefficient (Wildman–Crippen LogP) is 5.29. The van der Waals surface area contributed by atoms with Crippen LogP contribution >= 0.6 is 11.3 Å². The zero-order valence-electron chi connectivity index (χ0n) is 13.8. The lowest BCUT2D eigenvalue weighted by Crippen LogP contribution is -1.94. The summed E-state index contributed by atoms with van der Waals surface area (Å²) in [5.41, 5.74) is 3.84. The molecule has 23 heavy (non-hydrogen) atoms. The van der Waals surface area contributed by atoms with Gasteiger partial charge in [-0.25, -0.2) is 4.98 Å². The van der Waals surface area contributed by atoms with E-state index in [9.17, 15) is 0 Å². The first-order valence-corrected chi connectivity index (χ1v) is 8.43. The molecule has 0 bridgehead atoms. The van der Waals surface area contributed by atoms with Crippen LogP contribution in [0, 0.1) is 6.92 Å². The molecule has 1 N–H and O–H groups in total. The molecule has 1 aromatic carbocycles. The molecule has 4 nitrogen and oxygen atoms in total. The van der Waals surface area contributed by atoms with Crippen molar-refractivity contribution in [1.29, 1.82) is 0 Å². The largest absolute Gasteiger partial charge is 0.495 e. The van der Waals surface area contributed by atoms with E-state index in [1.807, 2.05) is 62.5 Å². The van der Waals surface area contributed by atoms with E-state index in [2.05, 4.69) is 15.3 Å². The average molecular weight is 327 g/mol. The minimum absolute atomic E-state index is 0.794. The molecule has 2 aromatic heterocycles. The molecule has 0 amide bonds. The van der Waals surface area contributed by atoms with Crippen molar-refractivity contribution in [1.82, 2.24) is 9.97 Å². The third kappa shape index (κ3) is 4.29. The molecule has 0 saturated carbocycles. The van der Waals surface area contributed by atoms with Gasteiger partial charge < -0.3 is 10.1 Å². The number of rotatable bonds is 4. The quantitative estimate of drug-likeness (QED) is 0.707. The summed E-state index contributed by atoms with van der Waals surface area (Å²) in [5, 5.41) is 6.10. The molecule has 0 unspecified atom stereocenters. The second-order valence-corrected chi connectivity index (χ2v) is 5.44. The van der Waals surface area contributed by atoms with Gasteiger partial charge in [-0.05, 0) is 36.8 Å². The summed E-state index contributed by atoms with van der Waals surface area (Å²) in [6.45, 7) is 6.05. The third-order valence-electron chi connectivity index (χ3n) is 3.03. The maximum atomic E-state index is 5.33. The highest BCUT2D eigenvalue weighted by molar-refractivity contribution is 7.14. The Balaban J connectivity index is 0.000000924. The number of thiazole rings is 1. The first kappa shape index (κ1) is 17.0. The molecule has 3 aromatic rings. The van der Waals surface area contributed by atoms with Crippen molar-refractivity contribution in [3.05, 3.63) is 53.5 Å². The van der Waals surface area contributed by atoms with Crippen LogP contribution in [-0.2, 0) is 0 Å². The van der Waals surface area contributed by atoms with Gasteiger partial charge in [0.1, 0.15) is 11.4 Å². The summed E-state index contributed by atoms with van der Waals surface area (Å²) in [4.78, 5) is 8.94. The molecule has 3 rings (SSSR count). The van der Waals surface area contributed by atoms with Crippen LogP contribution in [0.1, 0.15) is 19.4 Å². The van der Waals surface area contributed by atoms with Crippen LogP contribution in [0.4, 0.5) is 10.8 Å². The van der Waals surface area contributed by atoms with E-state index in [1.54, 1.807) is 24.6 Å². The number of pyridine rings is 1. The summed E-state index contributed by atoms with van der Waals surface area (Å²) in [5.74, 6) is 0.794. The van der Waals surface area contributed by atoms with Crippen LogP contribution in [-0.4, -0.2) is 17.1 Å². The molecule has 5 heteroatoms. The highest BCUT2D eigenvalue weighted by atomic mass is 32.1.